The molecule has 2 N–H and O–H groups in total. The number of nitrogens with zero attached hydrogens (tertiary/aromatic N) is 2. The molecule has 25 heavy (non-hydrogen) atoms. The van der Waals surface area contributed by atoms with E-state index in [4.69, 9.17) is 0 Å². The fourth-order valence-electron chi connectivity index (χ4n) is 3.91. The molecule has 1 heterocycles. The summed E-state index contributed by atoms with van der Waals surface area (Å²) in [6.07, 6.45) is 4.47. The van der Waals surface area contributed by atoms with Gasteiger partial charge in [0.15, 0.2) is 0 Å². The van der Waals surface area contributed by atoms with E-state index in [-0.39, 0.29) is 17.7 Å². The molecule has 0 radical (unpaired) electrons. The molecule has 136 valence electrons. The van der Waals surface area contributed by atoms with Crippen LogP contribution in [0.25, 0.3) is 0 Å². The number of urea groups is 1. The molecule has 1 aromatic rings. The highest BCUT2D eigenvalue weighted by Crippen LogP contribution is 2.34. The topological polar surface area (TPSA) is 72.9 Å². The lowest BCUT2D eigenvalue weighted by Crippen LogP contribution is -2.44. The Morgan fingerprint density at radius 1 is 1.20 bits per heavy atom. The summed E-state index contributed by atoms with van der Waals surface area (Å²) >= 11 is 0. The fraction of sp³-hybridized carbons (Fsp3) is 0.579. The first-order valence-corrected chi connectivity index (χ1v) is 9.19. The minimum Gasteiger partial charge on any atom is -0.508 e. The Morgan fingerprint density at radius 2 is 1.92 bits per heavy atom. The van der Waals surface area contributed by atoms with Crippen molar-refractivity contribution in [3.63, 3.8) is 0 Å². The van der Waals surface area contributed by atoms with Crippen LogP contribution in [-0.4, -0.2) is 52.0 Å². The highest BCUT2D eigenvalue weighted by molar-refractivity contribution is 6.07. The van der Waals surface area contributed by atoms with E-state index < -0.39 is 5.54 Å². The normalized spacial score (nSPS) is 19.2. The Kier molecular flexibility index (Phi) is 5.27. The number of benzene rings is 1. The third kappa shape index (κ3) is 3.63. The van der Waals surface area contributed by atoms with Crippen LogP contribution in [0, 0.1) is 0 Å². The standard InChI is InChI=1S/C19H27N3O3/c1-2-11-21(14-15-7-3-4-8-16(15)23)12-13-22-17(24)19(20-18(22)25)9-5-6-10-19/h3-4,7-8,23H,2,5-6,9-14H2,1H3,(H,20,25). The Morgan fingerprint density at radius 3 is 2.60 bits per heavy atom. The average molecular weight is 345 g/mol. The summed E-state index contributed by atoms with van der Waals surface area (Å²) in [5.74, 6) is 0.220. The van der Waals surface area contributed by atoms with Crippen molar-refractivity contribution in [2.45, 2.75) is 51.1 Å². The predicted molar refractivity (Wildman–Crippen MR) is 95.1 cm³/mol. The van der Waals surface area contributed by atoms with Gasteiger partial charge in [-0.2, -0.15) is 0 Å². The van der Waals surface area contributed by atoms with Gasteiger partial charge >= 0.3 is 6.03 Å². The van der Waals surface area contributed by atoms with Crippen LogP contribution in [0.2, 0.25) is 0 Å². The maximum atomic E-state index is 12.7. The summed E-state index contributed by atoms with van der Waals surface area (Å²) in [6.45, 7) is 4.55. The van der Waals surface area contributed by atoms with E-state index in [9.17, 15) is 14.7 Å². The third-order valence-corrected chi connectivity index (χ3v) is 5.27. The van der Waals surface area contributed by atoms with Crippen LogP contribution >= 0.6 is 0 Å². The van der Waals surface area contributed by atoms with Crippen molar-refractivity contribution in [1.82, 2.24) is 15.1 Å². The van der Waals surface area contributed by atoms with Gasteiger partial charge in [0, 0.05) is 25.2 Å². The van der Waals surface area contributed by atoms with E-state index in [0.29, 0.717) is 19.6 Å². The van der Waals surface area contributed by atoms with Crippen LogP contribution in [-0.2, 0) is 11.3 Å². The second kappa shape index (κ2) is 7.44. The lowest BCUT2D eigenvalue weighted by atomic mass is 9.98. The number of carbonyl (C=O) groups is 2. The molecule has 3 amide bonds. The third-order valence-electron chi connectivity index (χ3n) is 5.27. The van der Waals surface area contributed by atoms with Crippen molar-refractivity contribution in [2.24, 2.45) is 0 Å². The first kappa shape index (κ1) is 17.7. The molecule has 0 aromatic heterocycles. The van der Waals surface area contributed by atoms with Crippen LogP contribution in [0.3, 0.4) is 0 Å². The lowest BCUT2D eigenvalue weighted by Gasteiger charge is -2.25. The van der Waals surface area contributed by atoms with Crippen LogP contribution in [0.1, 0.15) is 44.6 Å². The molecule has 1 aromatic carbocycles. The number of rotatable bonds is 7. The number of aromatic hydroxyl groups is 1. The summed E-state index contributed by atoms with van der Waals surface area (Å²) in [4.78, 5) is 28.5. The fourth-order valence-corrected chi connectivity index (χ4v) is 3.91. The van der Waals surface area contributed by atoms with E-state index >= 15 is 0 Å². The van der Waals surface area contributed by atoms with Crippen molar-refractivity contribution in [3.8, 4) is 5.75 Å². The first-order chi connectivity index (χ1) is 12.1. The number of nitrogens with one attached hydrogen (secondary N) is 1. The monoisotopic (exact) mass is 345 g/mol. The van der Waals surface area contributed by atoms with Gasteiger partial charge in [0.05, 0.1) is 0 Å². The van der Waals surface area contributed by atoms with Crippen molar-refractivity contribution < 1.29 is 14.7 Å². The Hall–Kier alpha value is -2.08. The van der Waals surface area contributed by atoms with Gasteiger partial charge in [-0.15, -0.1) is 0 Å². The number of imide groups is 1. The molecule has 1 saturated heterocycles. The van der Waals surface area contributed by atoms with Crippen LogP contribution < -0.4 is 5.32 Å². The van der Waals surface area contributed by atoms with Crippen LogP contribution in [0.15, 0.2) is 24.3 Å². The summed E-state index contributed by atoms with van der Waals surface area (Å²) in [7, 11) is 0. The highest BCUT2D eigenvalue weighted by atomic mass is 16.3. The van der Waals surface area contributed by atoms with Gasteiger partial charge in [-0.3, -0.25) is 14.6 Å². The molecule has 1 aliphatic heterocycles. The number of hydrogen-bond donors (Lipinski definition) is 2. The van der Waals surface area contributed by atoms with Crippen LogP contribution in [0.5, 0.6) is 5.75 Å². The smallest absolute Gasteiger partial charge is 0.325 e. The predicted octanol–water partition coefficient (Wildman–Crippen LogP) is 2.47. The first-order valence-electron chi connectivity index (χ1n) is 9.19. The molecule has 6 nitrogen and oxygen atoms in total. The summed E-state index contributed by atoms with van der Waals surface area (Å²) in [5, 5.41) is 12.9. The Balaban J connectivity index is 1.62. The summed E-state index contributed by atoms with van der Waals surface area (Å²) in [5.41, 5.74) is 0.227. The molecule has 2 fully saturated rings. The summed E-state index contributed by atoms with van der Waals surface area (Å²) in [6, 6.07) is 7.03. The van der Waals surface area contributed by atoms with Crippen molar-refractivity contribution >= 4 is 11.9 Å². The maximum Gasteiger partial charge on any atom is 0.325 e. The molecular formula is C19H27N3O3. The van der Waals surface area contributed by atoms with Gasteiger partial charge < -0.3 is 10.4 Å². The molecule has 2 aliphatic rings. The molecule has 0 atom stereocenters. The average Bonchev–Trinajstić information content (AvgIpc) is 3.14. The molecular weight excluding hydrogens is 318 g/mol. The second-order valence-electron chi connectivity index (χ2n) is 7.08. The number of hydrogen-bond acceptors (Lipinski definition) is 4. The summed E-state index contributed by atoms with van der Waals surface area (Å²) < 4.78 is 0. The molecule has 1 aliphatic carbocycles. The zero-order chi connectivity index (χ0) is 17.9. The number of para-hydroxylation sites is 1. The quantitative estimate of drug-likeness (QED) is 0.745. The number of phenols is 1. The van der Waals surface area contributed by atoms with Gasteiger partial charge in [0.2, 0.25) is 0 Å². The zero-order valence-corrected chi connectivity index (χ0v) is 14.8. The number of phenolic OH excluding ortho intramolecular Hbond substituents is 1. The largest absolute Gasteiger partial charge is 0.508 e. The lowest BCUT2D eigenvalue weighted by molar-refractivity contribution is -0.131. The molecule has 1 spiro atoms. The number of carbonyl (C=O) groups excluding carboxylic acids is 2. The van der Waals surface area contributed by atoms with E-state index in [1.54, 1.807) is 12.1 Å². The Labute approximate surface area is 148 Å². The van der Waals surface area contributed by atoms with Gasteiger partial charge in [-0.05, 0) is 31.9 Å². The SMILES string of the molecule is CCCN(CCN1C(=O)NC2(CCCC2)C1=O)Cc1ccccc1O. The van der Waals surface area contributed by atoms with E-state index in [1.807, 2.05) is 12.1 Å². The van der Waals surface area contributed by atoms with Crippen molar-refractivity contribution in [2.75, 3.05) is 19.6 Å². The zero-order valence-electron chi connectivity index (χ0n) is 14.8. The van der Waals surface area contributed by atoms with Crippen molar-refractivity contribution in [3.05, 3.63) is 29.8 Å². The second-order valence-corrected chi connectivity index (χ2v) is 7.08. The van der Waals surface area contributed by atoms with E-state index in [2.05, 4.69) is 17.1 Å². The minimum absolute atomic E-state index is 0.0611. The molecule has 0 bridgehead atoms. The highest BCUT2D eigenvalue weighted by Gasteiger charge is 2.52. The molecule has 6 heteroatoms. The van der Waals surface area contributed by atoms with Gasteiger partial charge in [0.25, 0.3) is 5.91 Å². The number of amides is 3. The van der Waals surface area contributed by atoms with Crippen molar-refractivity contribution in [1.29, 1.82) is 0 Å². The molecule has 1 saturated carbocycles. The van der Waals surface area contributed by atoms with Gasteiger partial charge in [-0.25, -0.2) is 4.79 Å². The van der Waals surface area contributed by atoms with E-state index in [1.165, 1.54) is 4.90 Å². The maximum absolute atomic E-state index is 12.7. The molecule has 3 rings (SSSR count). The van der Waals surface area contributed by atoms with Crippen LogP contribution in [0.4, 0.5) is 4.79 Å². The molecule has 0 unspecified atom stereocenters. The van der Waals surface area contributed by atoms with Gasteiger partial charge in [-0.1, -0.05) is 38.0 Å². The minimum atomic E-state index is -0.635. The van der Waals surface area contributed by atoms with E-state index in [0.717, 1.165) is 44.2 Å². The van der Waals surface area contributed by atoms with Gasteiger partial charge in [0.1, 0.15) is 11.3 Å². The Bertz CT molecular complexity index is 641.